The van der Waals surface area contributed by atoms with Gasteiger partial charge in [-0.05, 0) is 6.08 Å². The zero-order valence-corrected chi connectivity index (χ0v) is 7.19. The molecular formula is C8H9F3N2O. The number of carbonyl (C=O) groups is 1. The standard InChI is InChI=1S/C8H9F3N2O/c1-3-6(8(9,10)11)4-5(2)13-7(12)14/h3-4H,1-2H2,(H3,12,13,14)/b6-4+. The van der Waals surface area contributed by atoms with E-state index in [-0.39, 0.29) is 5.70 Å². The van der Waals surface area contributed by atoms with Crippen LogP contribution in [-0.4, -0.2) is 12.2 Å². The van der Waals surface area contributed by atoms with Crippen LogP contribution in [-0.2, 0) is 0 Å². The molecule has 0 fully saturated rings. The summed E-state index contributed by atoms with van der Waals surface area (Å²) in [4.78, 5) is 10.2. The third kappa shape index (κ3) is 4.34. The number of nitrogens with two attached hydrogens (primary N) is 1. The Bertz CT molecular complexity index is 291. The molecule has 0 saturated heterocycles. The van der Waals surface area contributed by atoms with Crippen molar-refractivity contribution >= 4 is 6.03 Å². The number of carbonyl (C=O) groups excluding carboxylic acids is 1. The molecule has 6 heteroatoms. The van der Waals surface area contributed by atoms with Gasteiger partial charge in [0.1, 0.15) is 0 Å². The van der Waals surface area contributed by atoms with Crippen molar-refractivity contribution in [1.29, 1.82) is 0 Å². The molecule has 0 aromatic carbocycles. The monoisotopic (exact) mass is 206 g/mol. The molecule has 0 bridgehead atoms. The first-order chi connectivity index (χ1) is 6.27. The Morgan fingerprint density at radius 3 is 2.21 bits per heavy atom. The summed E-state index contributed by atoms with van der Waals surface area (Å²) in [5.74, 6) is 0. The minimum absolute atomic E-state index is 0.246. The highest BCUT2D eigenvalue weighted by Crippen LogP contribution is 2.26. The Labute approximate surface area is 78.8 Å². The maximum Gasteiger partial charge on any atom is 0.416 e. The summed E-state index contributed by atoms with van der Waals surface area (Å²) in [6, 6.07) is -0.975. The Hall–Kier alpha value is -1.72. The molecule has 0 heterocycles. The number of halogens is 3. The Morgan fingerprint density at radius 2 is 1.93 bits per heavy atom. The lowest BCUT2D eigenvalue weighted by molar-refractivity contribution is -0.0882. The van der Waals surface area contributed by atoms with E-state index in [2.05, 4.69) is 18.9 Å². The van der Waals surface area contributed by atoms with Crippen molar-refractivity contribution < 1.29 is 18.0 Å². The summed E-state index contributed by atoms with van der Waals surface area (Å²) in [7, 11) is 0. The largest absolute Gasteiger partial charge is 0.416 e. The minimum Gasteiger partial charge on any atom is -0.351 e. The zero-order valence-electron chi connectivity index (χ0n) is 7.19. The van der Waals surface area contributed by atoms with Crippen molar-refractivity contribution in [2.75, 3.05) is 0 Å². The lowest BCUT2D eigenvalue weighted by Crippen LogP contribution is -2.28. The summed E-state index contributed by atoms with van der Waals surface area (Å²) >= 11 is 0. The second-order valence-electron chi connectivity index (χ2n) is 2.32. The SMILES string of the molecule is C=C/C(=C\C(=C)NC(N)=O)C(F)(F)F. The predicted octanol–water partition coefficient (Wildman–Crippen LogP) is 1.84. The van der Waals surface area contributed by atoms with E-state index in [1.165, 1.54) is 0 Å². The van der Waals surface area contributed by atoms with Crippen LogP contribution in [0.3, 0.4) is 0 Å². The van der Waals surface area contributed by atoms with Gasteiger partial charge in [0.15, 0.2) is 0 Å². The topological polar surface area (TPSA) is 55.1 Å². The van der Waals surface area contributed by atoms with Crippen LogP contribution in [0.5, 0.6) is 0 Å². The van der Waals surface area contributed by atoms with Gasteiger partial charge in [0.2, 0.25) is 0 Å². The van der Waals surface area contributed by atoms with Gasteiger partial charge in [-0.15, -0.1) is 0 Å². The van der Waals surface area contributed by atoms with E-state index in [1.54, 1.807) is 0 Å². The van der Waals surface area contributed by atoms with E-state index >= 15 is 0 Å². The predicted molar refractivity (Wildman–Crippen MR) is 46.2 cm³/mol. The van der Waals surface area contributed by atoms with Crippen molar-refractivity contribution in [3.05, 3.63) is 36.6 Å². The lowest BCUT2D eigenvalue weighted by atomic mass is 10.2. The number of urea groups is 1. The summed E-state index contributed by atoms with van der Waals surface area (Å²) < 4.78 is 36.3. The molecule has 3 nitrogen and oxygen atoms in total. The van der Waals surface area contributed by atoms with Gasteiger partial charge in [-0.25, -0.2) is 4.79 Å². The summed E-state index contributed by atoms with van der Waals surface area (Å²) in [6.45, 7) is 6.15. The third-order valence-electron chi connectivity index (χ3n) is 1.16. The van der Waals surface area contributed by atoms with E-state index < -0.39 is 17.8 Å². The number of primary amides is 1. The van der Waals surface area contributed by atoms with Crippen LogP contribution in [0.2, 0.25) is 0 Å². The first-order valence-corrected chi connectivity index (χ1v) is 3.44. The van der Waals surface area contributed by atoms with E-state index in [9.17, 15) is 18.0 Å². The lowest BCUT2D eigenvalue weighted by Gasteiger charge is -2.08. The van der Waals surface area contributed by atoms with Crippen LogP contribution in [0.15, 0.2) is 36.6 Å². The van der Waals surface area contributed by atoms with Gasteiger partial charge < -0.3 is 11.1 Å². The molecule has 0 unspecified atom stereocenters. The molecule has 0 aliphatic heterocycles. The van der Waals surface area contributed by atoms with Crippen LogP contribution in [0.1, 0.15) is 0 Å². The molecule has 0 spiro atoms. The number of allylic oxidation sites excluding steroid dienone is 3. The first-order valence-electron chi connectivity index (χ1n) is 3.44. The van der Waals surface area contributed by atoms with Gasteiger partial charge in [0, 0.05) is 5.70 Å². The number of alkyl halides is 3. The van der Waals surface area contributed by atoms with Gasteiger partial charge >= 0.3 is 12.2 Å². The number of hydrogen-bond acceptors (Lipinski definition) is 1. The van der Waals surface area contributed by atoms with Crippen LogP contribution < -0.4 is 11.1 Å². The fourth-order valence-electron chi connectivity index (χ4n) is 0.639. The zero-order chi connectivity index (χ0) is 11.4. The maximum absolute atomic E-state index is 12.1. The number of nitrogens with one attached hydrogen (secondary N) is 1. The molecule has 0 aliphatic rings. The van der Waals surface area contributed by atoms with Gasteiger partial charge in [0.05, 0.1) is 5.57 Å². The molecule has 3 N–H and O–H groups in total. The molecular weight excluding hydrogens is 197 g/mol. The summed E-state index contributed by atoms with van der Waals surface area (Å²) in [6.07, 6.45) is -3.27. The highest BCUT2D eigenvalue weighted by molar-refractivity contribution is 5.74. The van der Waals surface area contributed by atoms with Crippen LogP contribution in [0.25, 0.3) is 0 Å². The molecule has 0 rings (SSSR count). The molecule has 14 heavy (non-hydrogen) atoms. The third-order valence-corrected chi connectivity index (χ3v) is 1.16. The second-order valence-corrected chi connectivity index (χ2v) is 2.32. The highest BCUT2D eigenvalue weighted by atomic mass is 19.4. The maximum atomic E-state index is 12.1. The fraction of sp³-hybridized carbons (Fsp3) is 0.125. The average molecular weight is 206 g/mol. The Balaban J connectivity index is 4.69. The van der Waals surface area contributed by atoms with E-state index in [0.29, 0.717) is 12.2 Å². The van der Waals surface area contributed by atoms with Gasteiger partial charge in [-0.1, -0.05) is 19.2 Å². The Kier molecular flexibility index (Phi) is 3.95. The van der Waals surface area contributed by atoms with Gasteiger partial charge in [-0.3, -0.25) is 0 Å². The number of rotatable bonds is 3. The van der Waals surface area contributed by atoms with Gasteiger partial charge in [0.25, 0.3) is 0 Å². The Morgan fingerprint density at radius 1 is 1.43 bits per heavy atom. The molecule has 78 valence electrons. The number of amides is 2. The van der Waals surface area contributed by atoms with Crippen molar-refractivity contribution in [2.24, 2.45) is 5.73 Å². The normalized spacial score (nSPS) is 12.1. The average Bonchev–Trinajstić information content (AvgIpc) is 1.96. The molecule has 2 amide bonds. The fourth-order valence-corrected chi connectivity index (χ4v) is 0.639. The van der Waals surface area contributed by atoms with E-state index in [0.717, 1.165) is 0 Å². The molecule has 0 aromatic heterocycles. The number of hydrogen-bond donors (Lipinski definition) is 2. The van der Waals surface area contributed by atoms with Crippen LogP contribution >= 0.6 is 0 Å². The quantitative estimate of drug-likeness (QED) is 0.680. The molecule has 0 aliphatic carbocycles. The molecule has 0 atom stereocenters. The first kappa shape index (κ1) is 12.3. The minimum atomic E-state index is -4.52. The summed E-state index contributed by atoms with van der Waals surface area (Å²) in [5.41, 5.74) is 3.42. The molecule has 0 radical (unpaired) electrons. The molecule has 0 saturated carbocycles. The van der Waals surface area contributed by atoms with Crippen molar-refractivity contribution in [3.63, 3.8) is 0 Å². The van der Waals surface area contributed by atoms with Crippen molar-refractivity contribution in [1.82, 2.24) is 5.32 Å². The van der Waals surface area contributed by atoms with Gasteiger partial charge in [-0.2, -0.15) is 13.2 Å². The summed E-state index contributed by atoms with van der Waals surface area (Å²) in [5, 5.41) is 1.90. The van der Waals surface area contributed by atoms with E-state index in [4.69, 9.17) is 0 Å². The van der Waals surface area contributed by atoms with Crippen molar-refractivity contribution in [3.8, 4) is 0 Å². The smallest absolute Gasteiger partial charge is 0.351 e. The highest BCUT2D eigenvalue weighted by Gasteiger charge is 2.31. The van der Waals surface area contributed by atoms with E-state index in [1.807, 2.05) is 5.32 Å². The second kappa shape index (κ2) is 4.50. The van der Waals surface area contributed by atoms with Crippen LogP contribution in [0.4, 0.5) is 18.0 Å². The van der Waals surface area contributed by atoms with Crippen molar-refractivity contribution in [2.45, 2.75) is 6.18 Å². The van der Waals surface area contributed by atoms with Crippen LogP contribution in [0, 0.1) is 0 Å². The molecule has 0 aromatic rings.